The molecule has 0 saturated carbocycles. The number of carbonyl (C=O) groups excluding carboxylic acids is 2. The van der Waals surface area contributed by atoms with E-state index in [1.165, 1.54) is 27.7 Å². The first-order valence-electron chi connectivity index (χ1n) is 8.34. The predicted molar refractivity (Wildman–Crippen MR) is 115 cm³/mol. The fourth-order valence-electron chi connectivity index (χ4n) is 2.54. The van der Waals surface area contributed by atoms with Crippen LogP contribution in [0.5, 0.6) is 0 Å². The van der Waals surface area contributed by atoms with Gasteiger partial charge in [-0.05, 0) is 49.2 Å². The van der Waals surface area contributed by atoms with Gasteiger partial charge in [-0.2, -0.15) is 0 Å². The summed E-state index contributed by atoms with van der Waals surface area (Å²) in [6.45, 7) is 5.61. The molecule has 0 aromatic heterocycles. The van der Waals surface area contributed by atoms with Crippen molar-refractivity contribution in [2.45, 2.75) is 27.7 Å². The molecule has 2 aromatic rings. The van der Waals surface area contributed by atoms with Crippen LogP contribution in [0.15, 0.2) is 69.0 Å². The third-order valence-corrected chi connectivity index (χ3v) is 4.73. The first-order chi connectivity index (χ1) is 13.0. The Bertz CT molecular complexity index is 829. The molecule has 0 aliphatic carbocycles. The summed E-state index contributed by atoms with van der Waals surface area (Å²) >= 11 is 6.58. The molecule has 0 atom stereocenters. The van der Waals surface area contributed by atoms with Gasteiger partial charge >= 0.3 is 17.1 Å². The van der Waals surface area contributed by atoms with Crippen LogP contribution in [-0.2, 0) is 26.7 Å². The van der Waals surface area contributed by atoms with E-state index in [-0.39, 0.29) is 51.3 Å². The fourth-order valence-corrected chi connectivity index (χ4v) is 3.07. The minimum Gasteiger partial charge on any atom is -0.875 e. The number of ketones is 2. The summed E-state index contributed by atoms with van der Waals surface area (Å²) in [4.78, 5) is 22.4. The van der Waals surface area contributed by atoms with Gasteiger partial charge in [0.05, 0.1) is 0 Å². The third-order valence-electron chi connectivity index (χ3n) is 3.67. The number of hydrogen-bond acceptors (Lipinski definition) is 4. The van der Waals surface area contributed by atoms with E-state index >= 15 is 0 Å². The molecule has 1 radical (unpaired) electrons. The summed E-state index contributed by atoms with van der Waals surface area (Å²) in [6.07, 6.45) is 0. The molecule has 29 heavy (non-hydrogen) atoms. The molecule has 0 heterocycles. The van der Waals surface area contributed by atoms with E-state index in [1.54, 1.807) is 48.5 Å². The molecule has 4 nitrogen and oxygen atoms in total. The maximum absolute atomic E-state index is 11.2. The van der Waals surface area contributed by atoms with Crippen molar-refractivity contribution in [3.8, 4) is 0 Å². The van der Waals surface area contributed by atoms with Gasteiger partial charge in [-0.3, -0.25) is 9.59 Å². The summed E-state index contributed by atoms with van der Waals surface area (Å²) in [5.74, 6) is -0.778. The molecule has 0 N–H and O–H groups in total. The number of rotatable bonds is 4. The zero-order valence-corrected chi connectivity index (χ0v) is 20.4. The molecular formula is C22H20Br2CuO4. The van der Waals surface area contributed by atoms with E-state index < -0.39 is 0 Å². The minimum absolute atomic E-state index is 0. The average molecular weight is 572 g/mol. The fraction of sp³-hybridized carbons (Fsp3) is 0.182. The second kappa shape index (κ2) is 12.8. The number of allylic oxidation sites excluding steroid dienone is 4. The van der Waals surface area contributed by atoms with Crippen LogP contribution in [0.25, 0.3) is 11.1 Å². The molecule has 157 valence electrons. The van der Waals surface area contributed by atoms with Crippen LogP contribution in [0.1, 0.15) is 38.8 Å². The largest absolute Gasteiger partial charge is 2.00 e. The Morgan fingerprint density at radius 2 is 0.862 bits per heavy atom. The SMILES string of the molecule is CC(=O)/C(=C(/C)[O-])c1ccc(Br)cc1.CC(=O)/C(=C(/C)[O-])c1ccc(Br)cc1.[Cu+2]. The van der Waals surface area contributed by atoms with Crippen molar-refractivity contribution in [3.05, 3.63) is 80.1 Å². The third kappa shape index (κ3) is 8.70. The Hall–Kier alpha value is -1.66. The standard InChI is InChI=1S/2C11H11BrO2.Cu/c2*1-7(13)11(8(2)14)9-3-5-10(12)6-4-9;/h2*3-6,13H,1-2H3;/q;;+2/p-2/b2*11-7+;. The van der Waals surface area contributed by atoms with Gasteiger partial charge in [-0.15, -0.1) is 11.5 Å². The number of hydrogen-bond donors (Lipinski definition) is 0. The van der Waals surface area contributed by atoms with Crippen LogP contribution < -0.4 is 10.2 Å². The van der Waals surface area contributed by atoms with Crippen molar-refractivity contribution >= 4 is 54.6 Å². The van der Waals surface area contributed by atoms with Crippen molar-refractivity contribution in [1.82, 2.24) is 0 Å². The Kier molecular flexibility index (Phi) is 12.1. The van der Waals surface area contributed by atoms with Gasteiger partial charge in [0.15, 0.2) is 11.6 Å². The Morgan fingerprint density at radius 1 is 0.621 bits per heavy atom. The van der Waals surface area contributed by atoms with Gasteiger partial charge in [-0.25, -0.2) is 0 Å². The van der Waals surface area contributed by atoms with Crippen molar-refractivity contribution in [1.29, 1.82) is 0 Å². The van der Waals surface area contributed by atoms with Crippen LogP contribution in [0.2, 0.25) is 0 Å². The zero-order chi connectivity index (χ0) is 21.4. The first-order valence-corrected chi connectivity index (χ1v) is 9.92. The molecule has 0 aliphatic heterocycles. The molecule has 0 spiro atoms. The summed E-state index contributed by atoms with van der Waals surface area (Å²) in [6, 6.07) is 14.2. The van der Waals surface area contributed by atoms with Gasteiger partial charge in [0.25, 0.3) is 0 Å². The molecule has 0 unspecified atom stereocenters. The number of halogens is 2. The van der Waals surface area contributed by atoms with Crippen LogP contribution in [0.3, 0.4) is 0 Å². The van der Waals surface area contributed by atoms with Crippen LogP contribution in [-0.4, -0.2) is 11.6 Å². The van der Waals surface area contributed by atoms with E-state index in [0.29, 0.717) is 11.1 Å². The number of benzene rings is 2. The Balaban J connectivity index is 0.000000523. The van der Waals surface area contributed by atoms with Crippen LogP contribution in [0, 0.1) is 0 Å². The van der Waals surface area contributed by atoms with Gasteiger partial charge in [0.2, 0.25) is 0 Å². The average Bonchev–Trinajstić information content (AvgIpc) is 2.58. The van der Waals surface area contributed by atoms with E-state index in [1.807, 2.05) is 0 Å². The topological polar surface area (TPSA) is 80.3 Å². The van der Waals surface area contributed by atoms with Crippen LogP contribution in [0.4, 0.5) is 0 Å². The van der Waals surface area contributed by atoms with Crippen molar-refractivity contribution in [2.24, 2.45) is 0 Å². The van der Waals surface area contributed by atoms with Gasteiger partial charge in [0.1, 0.15) is 0 Å². The summed E-state index contributed by atoms with van der Waals surface area (Å²) in [7, 11) is 0. The van der Waals surface area contributed by atoms with E-state index in [0.717, 1.165) is 8.95 Å². The Morgan fingerprint density at radius 3 is 1.03 bits per heavy atom. The molecule has 0 saturated heterocycles. The monoisotopic (exact) mass is 569 g/mol. The molecule has 0 amide bonds. The summed E-state index contributed by atoms with van der Waals surface area (Å²) in [5, 5.41) is 22.4. The summed E-state index contributed by atoms with van der Waals surface area (Å²) in [5.41, 5.74) is 1.87. The van der Waals surface area contributed by atoms with Crippen molar-refractivity contribution < 1.29 is 36.9 Å². The molecule has 2 aromatic carbocycles. The minimum atomic E-state index is -0.195. The predicted octanol–water partition coefficient (Wildman–Crippen LogP) is 4.26. The van der Waals surface area contributed by atoms with Gasteiger partial charge in [0, 0.05) is 20.1 Å². The van der Waals surface area contributed by atoms with E-state index in [9.17, 15) is 19.8 Å². The normalized spacial score (nSPS) is 11.8. The van der Waals surface area contributed by atoms with E-state index in [2.05, 4.69) is 31.9 Å². The summed E-state index contributed by atoms with van der Waals surface area (Å²) < 4.78 is 1.85. The second-order valence-corrected chi connectivity index (χ2v) is 7.82. The molecule has 0 bridgehead atoms. The number of Topliss-reactive ketones (excluding diaryl/α,β-unsaturated/α-hetero) is 2. The molecular weight excluding hydrogens is 552 g/mol. The van der Waals surface area contributed by atoms with Crippen molar-refractivity contribution in [2.75, 3.05) is 0 Å². The van der Waals surface area contributed by atoms with E-state index in [4.69, 9.17) is 0 Å². The van der Waals surface area contributed by atoms with Crippen molar-refractivity contribution in [3.63, 3.8) is 0 Å². The second-order valence-electron chi connectivity index (χ2n) is 5.99. The molecule has 7 heteroatoms. The van der Waals surface area contributed by atoms with Gasteiger partial charge < -0.3 is 10.2 Å². The maximum atomic E-state index is 11.2. The molecule has 2 rings (SSSR count). The molecule has 0 aliphatic rings. The Labute approximate surface area is 198 Å². The number of carbonyl (C=O) groups is 2. The quantitative estimate of drug-likeness (QED) is 0.312. The zero-order valence-electron chi connectivity index (χ0n) is 16.3. The van der Waals surface area contributed by atoms with Gasteiger partial charge in [-0.1, -0.05) is 70.0 Å². The maximum Gasteiger partial charge on any atom is 2.00 e. The first kappa shape index (κ1) is 27.3. The smallest absolute Gasteiger partial charge is 0.875 e. The van der Waals surface area contributed by atoms with Crippen LogP contribution >= 0.6 is 31.9 Å². The molecule has 0 fully saturated rings.